The second kappa shape index (κ2) is 5.79. The van der Waals surface area contributed by atoms with Crippen LogP contribution in [0.3, 0.4) is 0 Å². The fourth-order valence-electron chi connectivity index (χ4n) is 2.40. The lowest BCUT2D eigenvalue weighted by Crippen LogP contribution is -2.42. The van der Waals surface area contributed by atoms with Crippen molar-refractivity contribution in [3.63, 3.8) is 0 Å². The maximum absolute atomic E-state index is 12.6. The third-order valence-corrected chi connectivity index (χ3v) is 3.45. The van der Waals surface area contributed by atoms with Gasteiger partial charge in [-0.2, -0.15) is 0 Å². The molecule has 2 aromatic rings. The van der Waals surface area contributed by atoms with Crippen molar-refractivity contribution < 1.29 is 14.3 Å². The van der Waals surface area contributed by atoms with Crippen LogP contribution in [0, 0.1) is 0 Å². The van der Waals surface area contributed by atoms with Gasteiger partial charge in [-0.1, -0.05) is 48.5 Å². The zero-order valence-electron chi connectivity index (χ0n) is 11.4. The largest absolute Gasteiger partial charge is 0.437 e. The van der Waals surface area contributed by atoms with Gasteiger partial charge < -0.3 is 4.74 Å². The van der Waals surface area contributed by atoms with E-state index in [2.05, 4.69) is 0 Å². The lowest BCUT2D eigenvalue weighted by Gasteiger charge is -2.35. The zero-order chi connectivity index (χ0) is 14.7. The van der Waals surface area contributed by atoms with E-state index in [0.717, 1.165) is 5.56 Å². The van der Waals surface area contributed by atoms with Crippen LogP contribution in [0.4, 0.5) is 0 Å². The van der Waals surface area contributed by atoms with Crippen LogP contribution < -0.4 is 0 Å². The number of ether oxygens (including phenoxy) is 1. The average molecular weight is 281 g/mol. The summed E-state index contributed by atoms with van der Waals surface area (Å²) in [5, 5.41) is 0. The molecule has 0 aromatic heterocycles. The van der Waals surface area contributed by atoms with Crippen LogP contribution in [0.1, 0.15) is 28.6 Å². The van der Waals surface area contributed by atoms with E-state index in [4.69, 9.17) is 4.74 Å². The molecule has 0 bridgehead atoms. The van der Waals surface area contributed by atoms with E-state index in [1.165, 1.54) is 0 Å². The number of hydrogen-bond acceptors (Lipinski definition) is 3. The van der Waals surface area contributed by atoms with Gasteiger partial charge in [0.25, 0.3) is 5.91 Å². The molecule has 3 rings (SSSR count). The standard InChI is InChI=1S/C17H15NO3/c19-15-11-12-18(16(20)13-7-3-1-4-8-13)17(21-15)14-9-5-2-6-10-14/h1-10,17H,11-12H2. The fourth-order valence-corrected chi connectivity index (χ4v) is 2.40. The smallest absolute Gasteiger partial charge is 0.309 e. The quantitative estimate of drug-likeness (QED) is 0.795. The normalized spacial score (nSPS) is 18.2. The van der Waals surface area contributed by atoms with E-state index in [9.17, 15) is 9.59 Å². The number of esters is 1. The topological polar surface area (TPSA) is 46.6 Å². The SMILES string of the molecule is O=C1CCN(C(=O)c2ccccc2)C(c2ccccc2)O1. The summed E-state index contributed by atoms with van der Waals surface area (Å²) in [7, 11) is 0. The van der Waals surface area contributed by atoms with E-state index >= 15 is 0 Å². The summed E-state index contributed by atoms with van der Waals surface area (Å²) in [5.41, 5.74) is 1.39. The Labute approximate surface area is 123 Å². The highest BCUT2D eigenvalue weighted by Crippen LogP contribution is 2.28. The predicted molar refractivity (Wildman–Crippen MR) is 77.4 cm³/mol. The minimum absolute atomic E-state index is 0.128. The number of carbonyl (C=O) groups is 2. The first kappa shape index (κ1) is 13.4. The van der Waals surface area contributed by atoms with Crippen molar-refractivity contribution >= 4 is 11.9 Å². The van der Waals surface area contributed by atoms with Crippen LogP contribution in [0.15, 0.2) is 60.7 Å². The molecule has 2 aromatic carbocycles. The Kier molecular flexibility index (Phi) is 3.69. The molecule has 106 valence electrons. The summed E-state index contributed by atoms with van der Waals surface area (Å²) in [6.07, 6.45) is -0.429. The molecule has 1 saturated heterocycles. The maximum Gasteiger partial charge on any atom is 0.309 e. The summed E-state index contributed by atoms with van der Waals surface area (Å²) >= 11 is 0. The number of hydrogen-bond donors (Lipinski definition) is 0. The molecule has 0 spiro atoms. The van der Waals surface area contributed by atoms with E-state index in [-0.39, 0.29) is 18.3 Å². The number of amides is 1. The van der Waals surface area contributed by atoms with Crippen molar-refractivity contribution in [1.29, 1.82) is 0 Å². The Morgan fingerprint density at radius 1 is 1.00 bits per heavy atom. The molecule has 0 radical (unpaired) electrons. The predicted octanol–water partition coefficient (Wildman–Crippen LogP) is 2.77. The van der Waals surface area contributed by atoms with Gasteiger partial charge >= 0.3 is 5.97 Å². The van der Waals surface area contributed by atoms with Crippen molar-refractivity contribution in [2.45, 2.75) is 12.6 Å². The van der Waals surface area contributed by atoms with Crippen LogP contribution in [-0.4, -0.2) is 23.3 Å². The number of benzene rings is 2. The molecule has 1 aliphatic rings. The highest BCUT2D eigenvalue weighted by Gasteiger charge is 2.33. The van der Waals surface area contributed by atoms with Gasteiger partial charge in [-0.3, -0.25) is 14.5 Å². The molecule has 1 unspecified atom stereocenters. The lowest BCUT2D eigenvalue weighted by atomic mass is 10.1. The summed E-state index contributed by atoms with van der Waals surface area (Å²) in [4.78, 5) is 25.8. The van der Waals surface area contributed by atoms with Crippen molar-refractivity contribution in [3.05, 3.63) is 71.8 Å². The molecular formula is C17H15NO3. The maximum atomic E-state index is 12.6. The highest BCUT2D eigenvalue weighted by atomic mass is 16.6. The van der Waals surface area contributed by atoms with E-state index in [1.807, 2.05) is 48.5 Å². The molecule has 0 saturated carbocycles. The average Bonchev–Trinajstić information content (AvgIpc) is 2.56. The summed E-state index contributed by atoms with van der Waals surface area (Å²) < 4.78 is 5.39. The van der Waals surface area contributed by atoms with Gasteiger partial charge in [0.1, 0.15) is 0 Å². The van der Waals surface area contributed by atoms with Crippen LogP contribution in [0.25, 0.3) is 0 Å². The van der Waals surface area contributed by atoms with Crippen LogP contribution in [0.2, 0.25) is 0 Å². The zero-order valence-corrected chi connectivity index (χ0v) is 11.4. The molecule has 1 aliphatic heterocycles. The van der Waals surface area contributed by atoms with E-state index in [0.29, 0.717) is 12.1 Å². The van der Waals surface area contributed by atoms with Gasteiger partial charge in [-0.15, -0.1) is 0 Å². The molecule has 1 atom stereocenters. The highest BCUT2D eigenvalue weighted by molar-refractivity contribution is 5.95. The number of carbonyl (C=O) groups excluding carboxylic acids is 2. The van der Waals surface area contributed by atoms with Crippen LogP contribution >= 0.6 is 0 Å². The molecule has 0 N–H and O–H groups in total. The van der Waals surface area contributed by atoms with Gasteiger partial charge in [0.15, 0.2) is 0 Å². The van der Waals surface area contributed by atoms with E-state index < -0.39 is 6.23 Å². The Bertz CT molecular complexity index is 640. The van der Waals surface area contributed by atoms with Crippen LogP contribution in [-0.2, 0) is 9.53 Å². The molecular weight excluding hydrogens is 266 g/mol. The molecule has 1 heterocycles. The lowest BCUT2D eigenvalue weighted by molar-refractivity contribution is -0.166. The van der Waals surface area contributed by atoms with Crippen molar-refractivity contribution in [1.82, 2.24) is 4.90 Å². The van der Waals surface area contributed by atoms with Crippen molar-refractivity contribution in [3.8, 4) is 0 Å². The van der Waals surface area contributed by atoms with Gasteiger partial charge in [0.2, 0.25) is 6.23 Å². The minimum atomic E-state index is -0.653. The van der Waals surface area contributed by atoms with Gasteiger partial charge in [-0.25, -0.2) is 0 Å². The third kappa shape index (κ3) is 2.79. The molecule has 1 amide bonds. The number of cyclic esters (lactones) is 1. The minimum Gasteiger partial charge on any atom is -0.437 e. The first-order valence-corrected chi connectivity index (χ1v) is 6.86. The molecule has 4 heteroatoms. The first-order chi connectivity index (χ1) is 10.3. The third-order valence-electron chi connectivity index (χ3n) is 3.45. The summed E-state index contributed by atoms with van der Waals surface area (Å²) in [5.74, 6) is -0.405. The summed E-state index contributed by atoms with van der Waals surface area (Å²) in [6, 6.07) is 18.4. The second-order valence-electron chi connectivity index (χ2n) is 4.87. The molecule has 0 aliphatic carbocycles. The number of nitrogens with zero attached hydrogens (tertiary/aromatic N) is 1. The Hall–Kier alpha value is -2.62. The Balaban J connectivity index is 1.91. The molecule has 21 heavy (non-hydrogen) atoms. The van der Waals surface area contributed by atoms with Gasteiger partial charge in [0.05, 0.1) is 6.42 Å². The van der Waals surface area contributed by atoms with Crippen LogP contribution in [0.5, 0.6) is 0 Å². The van der Waals surface area contributed by atoms with Gasteiger partial charge in [0, 0.05) is 17.7 Å². The fraction of sp³-hybridized carbons (Fsp3) is 0.176. The van der Waals surface area contributed by atoms with Crippen molar-refractivity contribution in [2.75, 3.05) is 6.54 Å². The Morgan fingerprint density at radius 3 is 2.29 bits per heavy atom. The monoisotopic (exact) mass is 281 g/mol. The van der Waals surface area contributed by atoms with Gasteiger partial charge in [-0.05, 0) is 12.1 Å². The molecule has 1 fully saturated rings. The Morgan fingerprint density at radius 2 is 1.62 bits per heavy atom. The first-order valence-electron chi connectivity index (χ1n) is 6.86. The summed E-state index contributed by atoms with van der Waals surface area (Å²) in [6.45, 7) is 0.367. The van der Waals surface area contributed by atoms with E-state index in [1.54, 1.807) is 17.0 Å². The molecule has 4 nitrogen and oxygen atoms in total. The number of rotatable bonds is 2. The van der Waals surface area contributed by atoms with Crippen molar-refractivity contribution in [2.24, 2.45) is 0 Å². The second-order valence-corrected chi connectivity index (χ2v) is 4.87.